The van der Waals surface area contributed by atoms with Gasteiger partial charge in [-0.15, -0.1) is 0 Å². The van der Waals surface area contributed by atoms with Gasteiger partial charge in [0, 0.05) is 12.6 Å². The fourth-order valence-corrected chi connectivity index (χ4v) is 2.52. The van der Waals surface area contributed by atoms with Gasteiger partial charge in [-0.1, -0.05) is 18.2 Å². The van der Waals surface area contributed by atoms with E-state index in [2.05, 4.69) is 23.5 Å². The van der Waals surface area contributed by atoms with E-state index in [1.807, 2.05) is 0 Å². The topological polar surface area (TPSA) is 21.3 Å². The highest BCUT2D eigenvalue weighted by Gasteiger charge is 2.41. The van der Waals surface area contributed by atoms with Crippen LogP contribution >= 0.6 is 0 Å². The van der Waals surface area contributed by atoms with Crippen LogP contribution in [0.3, 0.4) is 0 Å². The van der Waals surface area contributed by atoms with Gasteiger partial charge in [0.15, 0.2) is 0 Å². The standard InChI is InChI=1S/C11H15NO/c1-2-4-8(5-3-1)11-10-6-9(13-11)7-12-10/h2,4-5,9-12H,1,3,6-7H2. The van der Waals surface area contributed by atoms with Gasteiger partial charge in [0.25, 0.3) is 0 Å². The molecule has 0 aromatic rings. The number of hydrogen-bond donors (Lipinski definition) is 1. The van der Waals surface area contributed by atoms with Crippen LogP contribution in [0.15, 0.2) is 23.8 Å². The van der Waals surface area contributed by atoms with Crippen molar-refractivity contribution in [2.45, 2.75) is 37.5 Å². The lowest BCUT2D eigenvalue weighted by Crippen LogP contribution is -2.40. The van der Waals surface area contributed by atoms with Gasteiger partial charge in [0.2, 0.25) is 0 Å². The second-order valence-corrected chi connectivity index (χ2v) is 4.11. The van der Waals surface area contributed by atoms with E-state index >= 15 is 0 Å². The molecule has 0 saturated carbocycles. The van der Waals surface area contributed by atoms with Crippen LogP contribution < -0.4 is 5.32 Å². The molecule has 3 aliphatic rings. The normalized spacial score (nSPS) is 42.5. The molecule has 2 aliphatic heterocycles. The second-order valence-electron chi connectivity index (χ2n) is 4.11. The lowest BCUT2D eigenvalue weighted by molar-refractivity contribution is 0.0398. The number of fused-ring (bicyclic) bond motifs is 2. The van der Waals surface area contributed by atoms with Crippen LogP contribution in [0.2, 0.25) is 0 Å². The van der Waals surface area contributed by atoms with Crippen molar-refractivity contribution in [2.75, 3.05) is 6.54 Å². The lowest BCUT2D eigenvalue weighted by Gasteiger charge is -2.25. The fraction of sp³-hybridized carbons (Fsp3) is 0.636. The number of hydrogen-bond acceptors (Lipinski definition) is 2. The third kappa shape index (κ3) is 1.25. The smallest absolute Gasteiger partial charge is 0.0980 e. The van der Waals surface area contributed by atoms with Gasteiger partial charge < -0.3 is 10.1 Å². The molecule has 3 unspecified atom stereocenters. The van der Waals surface area contributed by atoms with Crippen LogP contribution in [0.5, 0.6) is 0 Å². The summed E-state index contributed by atoms with van der Waals surface area (Å²) >= 11 is 0. The first-order valence-electron chi connectivity index (χ1n) is 5.19. The van der Waals surface area contributed by atoms with Crippen LogP contribution in [-0.4, -0.2) is 24.8 Å². The number of morpholine rings is 1. The van der Waals surface area contributed by atoms with Crippen LogP contribution in [0.1, 0.15) is 19.3 Å². The molecule has 0 radical (unpaired) electrons. The molecule has 1 N–H and O–H groups in total. The van der Waals surface area contributed by atoms with Gasteiger partial charge in [-0.25, -0.2) is 0 Å². The van der Waals surface area contributed by atoms with E-state index in [-0.39, 0.29) is 0 Å². The molecule has 2 heterocycles. The molecule has 0 aromatic carbocycles. The molecule has 0 spiro atoms. The minimum Gasteiger partial charge on any atom is -0.367 e. The van der Waals surface area contributed by atoms with Crippen molar-refractivity contribution in [3.8, 4) is 0 Å². The van der Waals surface area contributed by atoms with Crippen LogP contribution in [-0.2, 0) is 4.74 Å². The third-order valence-electron chi connectivity index (χ3n) is 3.18. The first kappa shape index (κ1) is 7.77. The highest BCUT2D eigenvalue weighted by atomic mass is 16.5. The van der Waals surface area contributed by atoms with E-state index < -0.39 is 0 Å². The first-order chi connectivity index (χ1) is 6.43. The Morgan fingerprint density at radius 3 is 3.00 bits per heavy atom. The summed E-state index contributed by atoms with van der Waals surface area (Å²) in [4.78, 5) is 0. The first-order valence-corrected chi connectivity index (χ1v) is 5.19. The molecular weight excluding hydrogens is 162 g/mol. The van der Waals surface area contributed by atoms with Gasteiger partial charge in [-0.05, 0) is 24.8 Å². The average Bonchev–Trinajstić information content (AvgIpc) is 2.80. The maximum Gasteiger partial charge on any atom is 0.0980 e. The highest BCUT2D eigenvalue weighted by molar-refractivity contribution is 5.29. The number of allylic oxidation sites excluding steroid dienone is 2. The summed E-state index contributed by atoms with van der Waals surface area (Å²) in [5.74, 6) is 0. The average molecular weight is 177 g/mol. The summed E-state index contributed by atoms with van der Waals surface area (Å²) in [7, 11) is 0. The zero-order valence-electron chi connectivity index (χ0n) is 7.70. The monoisotopic (exact) mass is 177 g/mol. The number of ether oxygens (including phenoxy) is 1. The molecule has 2 nitrogen and oxygen atoms in total. The summed E-state index contributed by atoms with van der Waals surface area (Å²) < 4.78 is 5.92. The van der Waals surface area contributed by atoms with Crippen LogP contribution in [0.4, 0.5) is 0 Å². The summed E-state index contributed by atoms with van der Waals surface area (Å²) in [6.07, 6.45) is 11.2. The predicted octanol–water partition coefficient (Wildman–Crippen LogP) is 1.39. The largest absolute Gasteiger partial charge is 0.367 e. The van der Waals surface area contributed by atoms with E-state index in [4.69, 9.17) is 4.74 Å². The van der Waals surface area contributed by atoms with Crippen LogP contribution in [0, 0.1) is 0 Å². The van der Waals surface area contributed by atoms with Gasteiger partial charge >= 0.3 is 0 Å². The fourth-order valence-electron chi connectivity index (χ4n) is 2.52. The SMILES string of the molecule is C1=CC(C2OC3CNC2C3)=CCC1. The molecule has 0 aromatic heterocycles. The summed E-state index contributed by atoms with van der Waals surface area (Å²) in [5, 5.41) is 3.50. The van der Waals surface area contributed by atoms with E-state index in [1.54, 1.807) is 0 Å². The maximum atomic E-state index is 5.92. The zero-order valence-corrected chi connectivity index (χ0v) is 7.70. The molecule has 13 heavy (non-hydrogen) atoms. The molecule has 1 aliphatic carbocycles. The molecule has 2 saturated heterocycles. The Balaban J connectivity index is 1.79. The summed E-state index contributed by atoms with van der Waals surface area (Å²) in [6, 6.07) is 0.582. The third-order valence-corrected chi connectivity index (χ3v) is 3.18. The molecule has 3 rings (SSSR count). The van der Waals surface area contributed by atoms with E-state index in [0.717, 1.165) is 6.54 Å². The van der Waals surface area contributed by atoms with Crippen molar-refractivity contribution < 1.29 is 4.74 Å². The van der Waals surface area contributed by atoms with Crippen molar-refractivity contribution in [1.82, 2.24) is 5.32 Å². The predicted molar refractivity (Wildman–Crippen MR) is 51.5 cm³/mol. The molecule has 3 atom stereocenters. The van der Waals surface area contributed by atoms with Crippen molar-refractivity contribution in [2.24, 2.45) is 0 Å². The molecule has 0 amide bonds. The Morgan fingerprint density at radius 2 is 2.38 bits per heavy atom. The zero-order chi connectivity index (χ0) is 8.67. The summed E-state index contributed by atoms with van der Waals surface area (Å²) in [5.41, 5.74) is 1.39. The molecule has 70 valence electrons. The molecule has 2 bridgehead atoms. The number of rotatable bonds is 1. The van der Waals surface area contributed by atoms with Crippen molar-refractivity contribution >= 4 is 0 Å². The molecular formula is C11H15NO. The summed E-state index contributed by atoms with van der Waals surface area (Å²) in [6.45, 7) is 1.05. The van der Waals surface area contributed by atoms with Crippen LogP contribution in [0.25, 0.3) is 0 Å². The quantitative estimate of drug-likeness (QED) is 0.653. The Labute approximate surface area is 78.7 Å². The Morgan fingerprint density at radius 1 is 1.38 bits per heavy atom. The Hall–Kier alpha value is -0.600. The lowest BCUT2D eigenvalue weighted by atomic mass is 9.98. The second kappa shape index (κ2) is 2.96. The van der Waals surface area contributed by atoms with Gasteiger partial charge in [-0.2, -0.15) is 0 Å². The van der Waals surface area contributed by atoms with E-state index in [1.165, 1.54) is 24.8 Å². The van der Waals surface area contributed by atoms with E-state index in [0.29, 0.717) is 18.2 Å². The van der Waals surface area contributed by atoms with Crippen molar-refractivity contribution in [1.29, 1.82) is 0 Å². The maximum absolute atomic E-state index is 5.92. The highest BCUT2D eigenvalue weighted by Crippen LogP contribution is 2.31. The molecule has 2 fully saturated rings. The number of nitrogens with one attached hydrogen (secondary N) is 1. The minimum absolute atomic E-state index is 0.343. The van der Waals surface area contributed by atoms with Gasteiger partial charge in [-0.3, -0.25) is 0 Å². The van der Waals surface area contributed by atoms with Gasteiger partial charge in [0.1, 0.15) is 0 Å². The Kier molecular flexibility index (Phi) is 1.77. The Bertz CT molecular complexity index is 269. The van der Waals surface area contributed by atoms with E-state index in [9.17, 15) is 0 Å². The minimum atomic E-state index is 0.343. The van der Waals surface area contributed by atoms with Crippen molar-refractivity contribution in [3.05, 3.63) is 23.8 Å². The van der Waals surface area contributed by atoms with Crippen molar-refractivity contribution in [3.63, 3.8) is 0 Å². The van der Waals surface area contributed by atoms with Gasteiger partial charge in [0.05, 0.1) is 12.2 Å². The molecule has 2 heteroatoms.